The normalized spacial score (nSPS) is 16.0. The van der Waals surface area contributed by atoms with Crippen LogP contribution in [0.5, 0.6) is 5.75 Å². The second-order valence-corrected chi connectivity index (χ2v) is 5.46. The van der Waals surface area contributed by atoms with Gasteiger partial charge in [0.15, 0.2) is 0 Å². The van der Waals surface area contributed by atoms with Crippen LogP contribution in [-0.2, 0) is 4.79 Å². The minimum absolute atomic E-state index is 0. The molecule has 2 rings (SSSR count). The van der Waals surface area contributed by atoms with Crippen LogP contribution in [0.25, 0.3) is 0 Å². The van der Waals surface area contributed by atoms with Crippen LogP contribution in [0.15, 0.2) is 24.3 Å². The lowest BCUT2D eigenvalue weighted by atomic mass is 10.1. The van der Waals surface area contributed by atoms with Crippen molar-refractivity contribution in [3.8, 4) is 5.75 Å². The van der Waals surface area contributed by atoms with Gasteiger partial charge < -0.3 is 14.7 Å². The lowest BCUT2D eigenvalue weighted by Gasteiger charge is -2.32. The van der Waals surface area contributed by atoms with Gasteiger partial charge in [-0.1, -0.05) is 0 Å². The first kappa shape index (κ1) is 18.7. The number of hydrogen-bond donors (Lipinski definition) is 1. The molecule has 1 aliphatic heterocycles. The first-order valence-corrected chi connectivity index (χ1v) is 7.50. The Morgan fingerprint density at radius 1 is 1.23 bits per heavy atom. The number of carboxylic acids is 1. The molecule has 1 aliphatic rings. The molecule has 1 saturated heterocycles. The van der Waals surface area contributed by atoms with E-state index < -0.39 is 5.97 Å². The number of piperidine rings is 1. The zero-order valence-electron chi connectivity index (χ0n) is 12.5. The highest BCUT2D eigenvalue weighted by molar-refractivity contribution is 5.85. The number of carbonyl (C=O) groups is 1. The van der Waals surface area contributed by atoms with E-state index in [1.54, 1.807) is 12.1 Å². The van der Waals surface area contributed by atoms with Crippen molar-refractivity contribution in [2.75, 3.05) is 19.6 Å². The summed E-state index contributed by atoms with van der Waals surface area (Å²) in [6, 6.07) is 6.14. The summed E-state index contributed by atoms with van der Waals surface area (Å²) in [5.41, 5.74) is 0. The van der Waals surface area contributed by atoms with E-state index in [9.17, 15) is 9.18 Å². The van der Waals surface area contributed by atoms with Gasteiger partial charge in [-0.05, 0) is 56.5 Å². The second kappa shape index (κ2) is 9.64. The fraction of sp³-hybridized carbons (Fsp3) is 0.562. The number of unbranched alkanes of at least 4 members (excludes halogenated alkanes) is 1. The van der Waals surface area contributed by atoms with Gasteiger partial charge in [0.2, 0.25) is 0 Å². The summed E-state index contributed by atoms with van der Waals surface area (Å²) >= 11 is 0. The predicted octanol–water partition coefficient (Wildman–Crippen LogP) is 3.35. The fourth-order valence-corrected chi connectivity index (χ4v) is 2.57. The fourth-order valence-electron chi connectivity index (χ4n) is 2.57. The van der Waals surface area contributed by atoms with E-state index in [-0.39, 0.29) is 30.7 Å². The van der Waals surface area contributed by atoms with E-state index in [1.807, 2.05) is 0 Å². The Kier molecular flexibility index (Phi) is 8.20. The lowest BCUT2D eigenvalue weighted by molar-refractivity contribution is -0.137. The Morgan fingerprint density at radius 3 is 2.45 bits per heavy atom. The van der Waals surface area contributed by atoms with Gasteiger partial charge in [0.05, 0.1) is 0 Å². The number of likely N-dealkylation sites (tertiary alicyclic amines) is 1. The van der Waals surface area contributed by atoms with Crippen LogP contribution in [0.4, 0.5) is 4.39 Å². The number of ether oxygens (including phenoxy) is 1. The Bertz CT molecular complexity index is 447. The van der Waals surface area contributed by atoms with Crippen LogP contribution in [0, 0.1) is 5.82 Å². The van der Waals surface area contributed by atoms with Gasteiger partial charge in [0.25, 0.3) is 0 Å². The van der Waals surface area contributed by atoms with E-state index in [2.05, 4.69) is 4.90 Å². The summed E-state index contributed by atoms with van der Waals surface area (Å²) in [4.78, 5) is 12.8. The maximum absolute atomic E-state index is 12.8. The Labute approximate surface area is 136 Å². The van der Waals surface area contributed by atoms with Crippen molar-refractivity contribution in [2.24, 2.45) is 0 Å². The average Bonchev–Trinajstić information content (AvgIpc) is 2.47. The molecule has 1 aromatic carbocycles. The van der Waals surface area contributed by atoms with Gasteiger partial charge in [0, 0.05) is 19.5 Å². The summed E-state index contributed by atoms with van der Waals surface area (Å²) in [5.74, 6) is -0.253. The zero-order valence-corrected chi connectivity index (χ0v) is 13.4. The monoisotopic (exact) mass is 331 g/mol. The van der Waals surface area contributed by atoms with Crippen LogP contribution in [0.3, 0.4) is 0 Å². The number of rotatable bonds is 7. The molecule has 1 N–H and O–H groups in total. The quantitative estimate of drug-likeness (QED) is 0.778. The third kappa shape index (κ3) is 6.62. The predicted molar refractivity (Wildman–Crippen MR) is 85.2 cm³/mol. The molecule has 0 bridgehead atoms. The summed E-state index contributed by atoms with van der Waals surface area (Å²) in [6.45, 7) is 2.90. The molecular weight excluding hydrogens is 309 g/mol. The topological polar surface area (TPSA) is 49.8 Å². The molecule has 0 saturated carbocycles. The Morgan fingerprint density at radius 2 is 1.86 bits per heavy atom. The van der Waals surface area contributed by atoms with Crippen LogP contribution in [0.1, 0.15) is 32.1 Å². The largest absolute Gasteiger partial charge is 0.490 e. The molecule has 6 heteroatoms. The molecule has 0 aromatic heterocycles. The highest BCUT2D eigenvalue weighted by Gasteiger charge is 2.20. The zero-order chi connectivity index (χ0) is 15.1. The maximum Gasteiger partial charge on any atom is 0.303 e. The highest BCUT2D eigenvalue weighted by Crippen LogP contribution is 2.19. The van der Waals surface area contributed by atoms with Gasteiger partial charge in [-0.3, -0.25) is 4.79 Å². The average molecular weight is 332 g/mol. The SMILES string of the molecule is Cl.O=C(O)CCCCN1CCC(Oc2ccc(F)cc2)CC1. The molecule has 0 radical (unpaired) electrons. The van der Waals surface area contributed by atoms with Crippen LogP contribution in [-0.4, -0.2) is 41.7 Å². The minimum Gasteiger partial charge on any atom is -0.490 e. The molecule has 1 heterocycles. The molecule has 0 aliphatic carbocycles. The molecular formula is C16H23ClFNO3. The summed E-state index contributed by atoms with van der Waals surface area (Å²) < 4.78 is 18.7. The van der Waals surface area contributed by atoms with E-state index >= 15 is 0 Å². The van der Waals surface area contributed by atoms with Gasteiger partial charge >= 0.3 is 5.97 Å². The van der Waals surface area contributed by atoms with Crippen LogP contribution in [0.2, 0.25) is 0 Å². The maximum atomic E-state index is 12.8. The third-order valence-corrected chi connectivity index (χ3v) is 3.77. The standard InChI is InChI=1S/C16H22FNO3.ClH/c17-13-4-6-14(7-5-13)21-15-8-11-18(12-9-15)10-2-1-3-16(19)20;/h4-7,15H,1-3,8-12H2,(H,19,20);1H. The molecule has 4 nitrogen and oxygen atoms in total. The van der Waals surface area contributed by atoms with Gasteiger partial charge in [-0.25, -0.2) is 4.39 Å². The van der Waals surface area contributed by atoms with E-state index in [0.717, 1.165) is 51.1 Å². The van der Waals surface area contributed by atoms with Crippen molar-refractivity contribution in [1.29, 1.82) is 0 Å². The van der Waals surface area contributed by atoms with Crippen LogP contribution >= 0.6 is 12.4 Å². The Balaban J connectivity index is 0.00000242. The van der Waals surface area contributed by atoms with Crippen LogP contribution < -0.4 is 4.74 Å². The minimum atomic E-state index is -0.721. The highest BCUT2D eigenvalue weighted by atomic mass is 35.5. The first-order valence-electron chi connectivity index (χ1n) is 7.50. The van der Waals surface area contributed by atoms with Crippen molar-refractivity contribution < 1.29 is 19.0 Å². The van der Waals surface area contributed by atoms with E-state index in [4.69, 9.17) is 9.84 Å². The number of halogens is 2. The molecule has 0 atom stereocenters. The molecule has 1 aromatic rings. The number of hydrogen-bond acceptors (Lipinski definition) is 3. The third-order valence-electron chi connectivity index (χ3n) is 3.77. The molecule has 0 amide bonds. The smallest absolute Gasteiger partial charge is 0.303 e. The van der Waals surface area contributed by atoms with Gasteiger partial charge in [0.1, 0.15) is 17.7 Å². The number of nitrogens with zero attached hydrogens (tertiary/aromatic N) is 1. The number of benzene rings is 1. The summed E-state index contributed by atoms with van der Waals surface area (Å²) in [7, 11) is 0. The van der Waals surface area contributed by atoms with Crippen molar-refractivity contribution in [1.82, 2.24) is 4.90 Å². The molecule has 124 valence electrons. The number of aliphatic carboxylic acids is 1. The van der Waals surface area contributed by atoms with Gasteiger partial charge in [-0.2, -0.15) is 0 Å². The van der Waals surface area contributed by atoms with E-state index in [1.165, 1.54) is 12.1 Å². The van der Waals surface area contributed by atoms with Crippen molar-refractivity contribution in [3.05, 3.63) is 30.1 Å². The van der Waals surface area contributed by atoms with Gasteiger partial charge in [-0.15, -0.1) is 12.4 Å². The summed E-state index contributed by atoms with van der Waals surface area (Å²) in [6.07, 6.45) is 4.01. The second-order valence-electron chi connectivity index (χ2n) is 5.46. The van der Waals surface area contributed by atoms with Crippen molar-refractivity contribution >= 4 is 18.4 Å². The summed E-state index contributed by atoms with van der Waals surface area (Å²) in [5, 5.41) is 8.59. The van der Waals surface area contributed by atoms with Crippen molar-refractivity contribution in [3.63, 3.8) is 0 Å². The molecule has 1 fully saturated rings. The lowest BCUT2D eigenvalue weighted by Crippen LogP contribution is -2.38. The molecule has 22 heavy (non-hydrogen) atoms. The number of carboxylic acid groups (broad SMARTS) is 1. The van der Waals surface area contributed by atoms with Crippen molar-refractivity contribution in [2.45, 2.75) is 38.2 Å². The first-order chi connectivity index (χ1) is 10.1. The molecule has 0 unspecified atom stereocenters. The Hall–Kier alpha value is -1.33. The molecule has 0 spiro atoms. The van der Waals surface area contributed by atoms with E-state index in [0.29, 0.717) is 0 Å².